The molecule has 1 aromatic heterocycles. The summed E-state index contributed by atoms with van der Waals surface area (Å²) in [6.45, 7) is 0. The van der Waals surface area contributed by atoms with Crippen LogP contribution >= 0.6 is 11.6 Å². The highest BCUT2D eigenvalue weighted by molar-refractivity contribution is 6.32. The van der Waals surface area contributed by atoms with Gasteiger partial charge in [0.15, 0.2) is 0 Å². The van der Waals surface area contributed by atoms with Crippen LogP contribution in [0.3, 0.4) is 0 Å². The van der Waals surface area contributed by atoms with Crippen molar-refractivity contribution in [2.45, 2.75) is 0 Å². The first-order valence-corrected chi connectivity index (χ1v) is 6.72. The monoisotopic (exact) mass is 318 g/mol. The summed E-state index contributed by atoms with van der Waals surface area (Å²) in [7, 11) is 0. The number of hydrogen-bond donors (Lipinski definition) is 0. The first-order valence-electron chi connectivity index (χ1n) is 6.34. The van der Waals surface area contributed by atoms with Gasteiger partial charge in [0.05, 0.1) is 0 Å². The van der Waals surface area contributed by atoms with Crippen LogP contribution in [0.15, 0.2) is 47.0 Å². The molecule has 0 aliphatic heterocycles. The fraction of sp³-hybridized carbons (Fsp3) is 0. The third kappa shape index (κ3) is 3.20. The van der Waals surface area contributed by atoms with Crippen LogP contribution in [0.2, 0.25) is 5.02 Å². The summed E-state index contributed by atoms with van der Waals surface area (Å²) in [5.41, 5.74) is 0.999. The average molecular weight is 319 g/mol. The molecule has 1 heterocycles. The SMILES string of the molecule is Fc1cc(F)cc(-c2noc(/C=C/c3ccccc3Cl)n2)c1. The van der Waals surface area contributed by atoms with E-state index >= 15 is 0 Å². The molecule has 0 fully saturated rings. The molecule has 0 spiro atoms. The lowest BCUT2D eigenvalue weighted by atomic mass is 10.2. The zero-order valence-electron chi connectivity index (χ0n) is 11.1. The van der Waals surface area contributed by atoms with E-state index in [4.69, 9.17) is 16.1 Å². The van der Waals surface area contributed by atoms with Crippen LogP contribution in [0.1, 0.15) is 11.5 Å². The molecule has 0 radical (unpaired) electrons. The van der Waals surface area contributed by atoms with Crippen LogP contribution in [0.25, 0.3) is 23.5 Å². The number of hydrogen-bond acceptors (Lipinski definition) is 3. The maximum absolute atomic E-state index is 13.2. The molecule has 110 valence electrons. The van der Waals surface area contributed by atoms with E-state index in [1.807, 2.05) is 18.2 Å². The van der Waals surface area contributed by atoms with Gasteiger partial charge in [-0.2, -0.15) is 4.98 Å². The van der Waals surface area contributed by atoms with Gasteiger partial charge in [-0.25, -0.2) is 8.78 Å². The first kappa shape index (κ1) is 14.4. The molecule has 0 N–H and O–H groups in total. The lowest BCUT2D eigenvalue weighted by Gasteiger charge is -1.95. The van der Waals surface area contributed by atoms with E-state index in [1.165, 1.54) is 0 Å². The van der Waals surface area contributed by atoms with Gasteiger partial charge in [-0.3, -0.25) is 0 Å². The van der Waals surface area contributed by atoms with Gasteiger partial charge >= 0.3 is 0 Å². The van der Waals surface area contributed by atoms with E-state index in [0.29, 0.717) is 5.02 Å². The number of benzene rings is 2. The lowest BCUT2D eigenvalue weighted by molar-refractivity contribution is 0.411. The molecule has 0 aliphatic rings. The highest BCUT2D eigenvalue weighted by Gasteiger charge is 2.09. The van der Waals surface area contributed by atoms with Crippen LogP contribution in [0.4, 0.5) is 8.78 Å². The van der Waals surface area contributed by atoms with E-state index in [1.54, 1.807) is 18.2 Å². The van der Waals surface area contributed by atoms with E-state index in [2.05, 4.69) is 10.1 Å². The number of halogens is 3. The predicted octanol–water partition coefficient (Wildman–Crippen LogP) is 4.84. The lowest BCUT2D eigenvalue weighted by Crippen LogP contribution is -1.85. The molecular weight excluding hydrogens is 310 g/mol. The zero-order valence-corrected chi connectivity index (χ0v) is 11.9. The summed E-state index contributed by atoms with van der Waals surface area (Å²) in [4.78, 5) is 4.07. The van der Waals surface area contributed by atoms with Crippen molar-refractivity contribution in [3.63, 3.8) is 0 Å². The van der Waals surface area contributed by atoms with E-state index in [-0.39, 0.29) is 17.3 Å². The molecule has 3 rings (SSSR count). The van der Waals surface area contributed by atoms with Gasteiger partial charge in [-0.1, -0.05) is 35.0 Å². The van der Waals surface area contributed by atoms with Gasteiger partial charge in [-0.05, 0) is 29.8 Å². The van der Waals surface area contributed by atoms with Crippen molar-refractivity contribution in [2.75, 3.05) is 0 Å². The fourth-order valence-electron chi connectivity index (χ4n) is 1.87. The maximum atomic E-state index is 13.2. The quantitative estimate of drug-likeness (QED) is 0.693. The van der Waals surface area contributed by atoms with Crippen molar-refractivity contribution in [2.24, 2.45) is 0 Å². The molecule has 22 heavy (non-hydrogen) atoms. The van der Waals surface area contributed by atoms with Crippen LogP contribution in [-0.4, -0.2) is 10.1 Å². The Morgan fingerprint density at radius 3 is 2.45 bits per heavy atom. The maximum Gasteiger partial charge on any atom is 0.250 e. The second kappa shape index (κ2) is 6.07. The van der Waals surface area contributed by atoms with Gasteiger partial charge in [0.1, 0.15) is 11.6 Å². The molecule has 0 saturated heterocycles. The van der Waals surface area contributed by atoms with Gasteiger partial charge in [0, 0.05) is 22.7 Å². The van der Waals surface area contributed by atoms with Gasteiger partial charge in [-0.15, -0.1) is 0 Å². The van der Waals surface area contributed by atoms with Crippen molar-refractivity contribution in [1.29, 1.82) is 0 Å². The largest absolute Gasteiger partial charge is 0.334 e. The van der Waals surface area contributed by atoms with Crippen molar-refractivity contribution in [3.8, 4) is 11.4 Å². The Hall–Kier alpha value is -2.53. The Morgan fingerprint density at radius 2 is 1.73 bits per heavy atom. The molecule has 3 nitrogen and oxygen atoms in total. The Kier molecular flexibility index (Phi) is 3.98. The molecule has 0 aliphatic carbocycles. The summed E-state index contributed by atoms with van der Waals surface area (Å²) < 4.78 is 31.4. The van der Waals surface area contributed by atoms with Gasteiger partial charge < -0.3 is 4.52 Å². The average Bonchev–Trinajstić information content (AvgIpc) is 2.94. The smallest absolute Gasteiger partial charge is 0.250 e. The summed E-state index contributed by atoms with van der Waals surface area (Å²) >= 11 is 6.03. The van der Waals surface area contributed by atoms with Crippen LogP contribution in [0.5, 0.6) is 0 Å². The fourth-order valence-corrected chi connectivity index (χ4v) is 2.07. The molecule has 0 unspecified atom stereocenters. The van der Waals surface area contributed by atoms with Crippen molar-refractivity contribution >= 4 is 23.8 Å². The third-order valence-corrected chi connectivity index (χ3v) is 3.22. The number of nitrogens with zero attached hydrogens (tertiary/aromatic N) is 2. The third-order valence-electron chi connectivity index (χ3n) is 2.87. The van der Waals surface area contributed by atoms with Crippen molar-refractivity contribution < 1.29 is 13.3 Å². The molecule has 2 aromatic carbocycles. The van der Waals surface area contributed by atoms with Crippen LogP contribution in [0, 0.1) is 11.6 Å². The summed E-state index contributed by atoms with van der Waals surface area (Å²) in [6.07, 6.45) is 3.29. The summed E-state index contributed by atoms with van der Waals surface area (Å²) in [5.74, 6) is -1.09. The highest BCUT2D eigenvalue weighted by atomic mass is 35.5. The number of aromatic nitrogens is 2. The second-order valence-electron chi connectivity index (χ2n) is 4.47. The Bertz CT molecular complexity index is 825. The standard InChI is InChI=1S/C16H9ClF2N2O/c17-14-4-2-1-3-10(14)5-6-15-20-16(21-22-15)11-7-12(18)9-13(19)8-11/h1-9H/b6-5+. The molecule has 0 saturated carbocycles. The van der Waals surface area contributed by atoms with Crippen molar-refractivity contribution in [1.82, 2.24) is 10.1 Å². The van der Waals surface area contributed by atoms with Crippen LogP contribution in [-0.2, 0) is 0 Å². The Labute approximate surface area is 129 Å². The molecule has 6 heteroatoms. The molecule has 0 amide bonds. The van der Waals surface area contributed by atoms with E-state index in [0.717, 1.165) is 23.8 Å². The normalized spacial score (nSPS) is 11.2. The summed E-state index contributed by atoms with van der Waals surface area (Å²) in [5, 5.41) is 4.29. The first-order chi connectivity index (χ1) is 10.6. The minimum Gasteiger partial charge on any atom is -0.334 e. The number of rotatable bonds is 3. The predicted molar refractivity (Wildman–Crippen MR) is 80.0 cm³/mol. The Morgan fingerprint density at radius 1 is 1.00 bits per heavy atom. The molecular formula is C16H9ClF2N2O. The highest BCUT2D eigenvalue weighted by Crippen LogP contribution is 2.21. The molecule has 3 aromatic rings. The van der Waals surface area contributed by atoms with Gasteiger partial charge in [0.2, 0.25) is 5.82 Å². The summed E-state index contributed by atoms with van der Waals surface area (Å²) in [6, 6.07) is 10.3. The minimum absolute atomic E-state index is 0.109. The molecule has 0 bridgehead atoms. The van der Waals surface area contributed by atoms with Crippen LogP contribution < -0.4 is 0 Å². The molecule has 0 atom stereocenters. The Balaban J connectivity index is 1.86. The van der Waals surface area contributed by atoms with Gasteiger partial charge in [0.25, 0.3) is 5.89 Å². The second-order valence-corrected chi connectivity index (χ2v) is 4.88. The zero-order chi connectivity index (χ0) is 15.5. The van der Waals surface area contributed by atoms with Crippen molar-refractivity contribution in [3.05, 3.63) is 70.6 Å². The van der Waals surface area contributed by atoms with E-state index in [9.17, 15) is 8.78 Å². The van der Waals surface area contributed by atoms with E-state index < -0.39 is 11.6 Å². The minimum atomic E-state index is -0.701. The topological polar surface area (TPSA) is 38.9 Å².